The number of methoxy groups -OCH3 is 2. The normalized spacial score (nSPS) is 12.0. The molecule has 146 valence electrons. The van der Waals surface area contributed by atoms with E-state index in [4.69, 9.17) is 0 Å². The zero-order valence-electron chi connectivity index (χ0n) is 13.9. The molecular weight excluding hydrogens is 382 g/mol. The van der Waals surface area contributed by atoms with Gasteiger partial charge in [0, 0.05) is 6.42 Å². The zero-order chi connectivity index (χ0) is 20.4. The Morgan fingerprint density at radius 3 is 2.30 bits per heavy atom. The van der Waals surface area contributed by atoms with Crippen LogP contribution in [0.5, 0.6) is 5.88 Å². The van der Waals surface area contributed by atoms with E-state index >= 15 is 0 Å². The Morgan fingerprint density at radius 2 is 1.74 bits per heavy atom. The first-order chi connectivity index (χ1) is 12.5. The Morgan fingerprint density at radius 1 is 1.07 bits per heavy atom. The number of ether oxygens (including phenoxy) is 2. The summed E-state index contributed by atoms with van der Waals surface area (Å²) in [6.45, 7) is 0. The van der Waals surface area contributed by atoms with Gasteiger partial charge in [0.1, 0.15) is 5.82 Å². The second-order valence-electron chi connectivity index (χ2n) is 5.31. The molecule has 0 atom stereocenters. The molecule has 27 heavy (non-hydrogen) atoms. The van der Waals surface area contributed by atoms with Crippen molar-refractivity contribution in [2.24, 2.45) is 0 Å². The molecule has 0 aliphatic rings. The smallest absolute Gasteiger partial charge is 0.458 e. The van der Waals surface area contributed by atoms with Gasteiger partial charge in [-0.25, -0.2) is 9.18 Å². The number of esters is 1. The predicted molar refractivity (Wildman–Crippen MR) is 79.1 cm³/mol. The minimum atomic E-state index is -5.87. The molecule has 1 aromatic carbocycles. The molecule has 0 spiro atoms. The number of hydrogen-bond donors (Lipinski definition) is 0. The summed E-state index contributed by atoms with van der Waals surface area (Å²) >= 11 is 0. The van der Waals surface area contributed by atoms with Gasteiger partial charge >= 0.3 is 18.1 Å². The third-order valence-electron chi connectivity index (χ3n) is 3.52. The van der Waals surface area contributed by atoms with Crippen LogP contribution < -0.4 is 4.74 Å². The van der Waals surface area contributed by atoms with E-state index in [-0.39, 0.29) is 17.7 Å². The first-order valence-corrected chi connectivity index (χ1v) is 7.23. The highest BCUT2D eigenvalue weighted by Crippen LogP contribution is 2.46. The molecule has 1 heterocycles. The molecule has 0 fully saturated rings. The minimum absolute atomic E-state index is 0.220. The molecule has 0 N–H and O–H groups in total. The summed E-state index contributed by atoms with van der Waals surface area (Å²) < 4.78 is 87.9. The average Bonchev–Trinajstić information content (AvgIpc) is 2.61. The lowest BCUT2D eigenvalue weighted by Gasteiger charge is -2.21. The van der Waals surface area contributed by atoms with Gasteiger partial charge in [0.05, 0.1) is 31.0 Å². The van der Waals surface area contributed by atoms with Crippen LogP contribution in [0.1, 0.15) is 27.2 Å². The molecule has 1 aromatic heterocycles. The average molecular weight is 394 g/mol. The number of alkyl halides is 5. The van der Waals surface area contributed by atoms with E-state index in [0.29, 0.717) is 6.07 Å². The highest BCUT2D eigenvalue weighted by molar-refractivity contribution is 5.89. The molecule has 0 aliphatic heterocycles. The predicted octanol–water partition coefficient (Wildman–Crippen LogP) is 3.66. The molecule has 0 radical (unpaired) electrons. The summed E-state index contributed by atoms with van der Waals surface area (Å²) in [7, 11) is 1.91. The summed E-state index contributed by atoms with van der Waals surface area (Å²) in [5.74, 6) is -8.05. The molecule has 0 saturated carbocycles. The van der Waals surface area contributed by atoms with Gasteiger partial charge in [0.25, 0.3) is 0 Å². The third-order valence-corrected chi connectivity index (χ3v) is 3.52. The Hall–Kier alpha value is -2.85. The van der Waals surface area contributed by atoms with Crippen molar-refractivity contribution in [3.05, 3.63) is 52.5 Å². The van der Waals surface area contributed by atoms with E-state index in [0.717, 1.165) is 26.4 Å². The molecule has 11 heteroatoms. The minimum Gasteiger partial charge on any atom is -0.480 e. The molecule has 5 nitrogen and oxygen atoms in total. The maximum atomic E-state index is 13.7. The maximum Gasteiger partial charge on any atom is 0.458 e. The van der Waals surface area contributed by atoms with Crippen LogP contribution in [-0.4, -0.2) is 36.6 Å². The molecule has 2 rings (SSSR count). The number of halogens is 6. The van der Waals surface area contributed by atoms with Gasteiger partial charge in [0.15, 0.2) is 0 Å². The number of carbonyl (C=O) groups is 1. The Balaban J connectivity index is 2.44. The Labute approximate surface area is 148 Å². The third kappa shape index (κ3) is 4.12. The van der Waals surface area contributed by atoms with E-state index in [2.05, 4.69) is 19.7 Å². The lowest BCUT2D eigenvalue weighted by Crippen LogP contribution is -2.34. The van der Waals surface area contributed by atoms with Crippen molar-refractivity contribution >= 4 is 5.97 Å². The molecule has 0 saturated heterocycles. The number of rotatable bonds is 5. The summed E-state index contributed by atoms with van der Waals surface area (Å²) in [6, 6.07) is 3.73. The molecule has 2 aromatic rings. The van der Waals surface area contributed by atoms with Crippen molar-refractivity contribution in [2.45, 2.75) is 18.5 Å². The first-order valence-electron chi connectivity index (χ1n) is 7.23. The fraction of sp³-hybridized carbons (Fsp3) is 0.312. The van der Waals surface area contributed by atoms with Gasteiger partial charge in [-0.1, -0.05) is 6.07 Å². The lowest BCUT2D eigenvalue weighted by molar-refractivity contribution is -0.289. The van der Waals surface area contributed by atoms with Crippen LogP contribution in [0.4, 0.5) is 26.3 Å². The highest BCUT2D eigenvalue weighted by Gasteiger charge is 2.60. The van der Waals surface area contributed by atoms with E-state index in [1.807, 2.05) is 0 Å². The fourth-order valence-corrected chi connectivity index (χ4v) is 2.19. The van der Waals surface area contributed by atoms with Gasteiger partial charge in [0.2, 0.25) is 5.88 Å². The first kappa shape index (κ1) is 20.5. The monoisotopic (exact) mass is 394 g/mol. The van der Waals surface area contributed by atoms with E-state index < -0.39 is 40.9 Å². The van der Waals surface area contributed by atoms with E-state index in [9.17, 15) is 31.1 Å². The van der Waals surface area contributed by atoms with Gasteiger partial charge in [-0.3, -0.25) is 0 Å². The maximum absolute atomic E-state index is 13.7. The van der Waals surface area contributed by atoms with Crippen molar-refractivity contribution in [1.82, 2.24) is 10.2 Å². The van der Waals surface area contributed by atoms with Gasteiger partial charge in [-0.05, 0) is 23.8 Å². The lowest BCUT2D eigenvalue weighted by atomic mass is 10.0. The Kier molecular flexibility index (Phi) is 5.62. The van der Waals surface area contributed by atoms with Crippen molar-refractivity contribution in [1.29, 1.82) is 0 Å². The van der Waals surface area contributed by atoms with Crippen molar-refractivity contribution in [2.75, 3.05) is 14.2 Å². The van der Waals surface area contributed by atoms with Crippen LogP contribution in [0.3, 0.4) is 0 Å². The largest absolute Gasteiger partial charge is 0.480 e. The number of nitrogens with zero attached hydrogens (tertiary/aromatic N) is 2. The quantitative estimate of drug-likeness (QED) is 0.572. The molecular formula is C16H12F6N2O3. The summed E-state index contributed by atoms with van der Waals surface area (Å²) in [5, 5.41) is 6.78. The van der Waals surface area contributed by atoms with Gasteiger partial charge in [-0.15, -0.1) is 5.10 Å². The van der Waals surface area contributed by atoms with Crippen LogP contribution in [0.2, 0.25) is 0 Å². The van der Waals surface area contributed by atoms with E-state index in [1.54, 1.807) is 0 Å². The van der Waals surface area contributed by atoms with Crippen LogP contribution in [0.15, 0.2) is 24.3 Å². The SMILES string of the molecule is COC(=O)c1cc(Cc2cc(C(F)(F)C(F)(F)F)c(OC)nn2)ccc1F. The van der Waals surface area contributed by atoms with Crippen molar-refractivity contribution in [3.63, 3.8) is 0 Å². The van der Waals surface area contributed by atoms with Gasteiger partial charge in [-0.2, -0.15) is 27.1 Å². The summed E-state index contributed by atoms with van der Waals surface area (Å²) in [6.07, 6.45) is -6.16. The van der Waals surface area contributed by atoms with Crippen LogP contribution in [0.25, 0.3) is 0 Å². The van der Waals surface area contributed by atoms with Crippen molar-refractivity contribution in [3.8, 4) is 5.88 Å². The van der Waals surface area contributed by atoms with Gasteiger partial charge < -0.3 is 9.47 Å². The fourth-order valence-electron chi connectivity index (χ4n) is 2.19. The topological polar surface area (TPSA) is 61.3 Å². The van der Waals surface area contributed by atoms with E-state index in [1.165, 1.54) is 6.07 Å². The Bertz CT molecular complexity index is 855. The molecule has 0 amide bonds. The summed E-state index contributed by atoms with van der Waals surface area (Å²) in [4.78, 5) is 11.5. The van der Waals surface area contributed by atoms with Crippen LogP contribution >= 0.6 is 0 Å². The molecule has 0 unspecified atom stereocenters. The zero-order valence-corrected chi connectivity index (χ0v) is 13.9. The van der Waals surface area contributed by atoms with Crippen LogP contribution in [-0.2, 0) is 17.1 Å². The standard InChI is InChI=1S/C16H12F6N2O3/c1-26-13-11(15(18,19)16(20,21)22)7-9(23-24-13)5-8-3-4-12(17)10(6-8)14(25)27-2/h3-4,6-7H,5H2,1-2H3. The number of aromatic nitrogens is 2. The highest BCUT2D eigenvalue weighted by atomic mass is 19.4. The molecule has 0 bridgehead atoms. The second kappa shape index (κ2) is 7.41. The number of hydrogen-bond acceptors (Lipinski definition) is 5. The van der Waals surface area contributed by atoms with Crippen molar-refractivity contribution < 1.29 is 40.6 Å². The van der Waals surface area contributed by atoms with Crippen LogP contribution in [0, 0.1) is 5.82 Å². The number of benzene rings is 1. The second-order valence-corrected chi connectivity index (χ2v) is 5.31. The molecule has 0 aliphatic carbocycles. The summed E-state index contributed by atoms with van der Waals surface area (Å²) in [5.41, 5.74) is -1.97. The number of carbonyl (C=O) groups excluding carboxylic acids is 1.